The summed E-state index contributed by atoms with van der Waals surface area (Å²) >= 11 is 0. The van der Waals surface area contributed by atoms with Gasteiger partial charge in [0.1, 0.15) is 5.65 Å². The van der Waals surface area contributed by atoms with Crippen LogP contribution < -0.4 is 5.32 Å². The first-order valence-corrected chi connectivity index (χ1v) is 6.41. The molecule has 1 amide bonds. The van der Waals surface area contributed by atoms with Gasteiger partial charge in [-0.15, -0.1) is 0 Å². The first-order valence-electron chi connectivity index (χ1n) is 6.41. The number of hydrogen-bond acceptors (Lipinski definition) is 3. The maximum absolute atomic E-state index is 11.8. The van der Waals surface area contributed by atoms with Crippen LogP contribution in [0.1, 0.15) is 11.3 Å². The lowest BCUT2D eigenvalue weighted by atomic mass is 10.3. The van der Waals surface area contributed by atoms with E-state index in [2.05, 4.69) is 10.3 Å². The van der Waals surface area contributed by atoms with Gasteiger partial charge >= 0.3 is 0 Å². The van der Waals surface area contributed by atoms with Gasteiger partial charge in [0.15, 0.2) is 0 Å². The van der Waals surface area contributed by atoms with Crippen molar-refractivity contribution in [2.45, 2.75) is 13.3 Å². The number of likely N-dealkylation sites (N-methyl/N-ethyl adjacent to an activating group) is 1. The number of carbonyl (C=O) groups is 1. The van der Waals surface area contributed by atoms with Gasteiger partial charge in [-0.3, -0.25) is 4.79 Å². The number of fused-ring (bicyclic) bond motifs is 1. The molecule has 5 heteroatoms. The van der Waals surface area contributed by atoms with Gasteiger partial charge in [0.25, 0.3) is 0 Å². The molecule has 0 aliphatic heterocycles. The molecule has 2 aromatic heterocycles. The fourth-order valence-corrected chi connectivity index (χ4v) is 1.94. The van der Waals surface area contributed by atoms with Gasteiger partial charge < -0.3 is 14.6 Å². The minimum Gasteiger partial charge on any atom is -0.354 e. The maximum atomic E-state index is 11.8. The predicted molar refractivity (Wildman–Crippen MR) is 75.2 cm³/mol. The Labute approximate surface area is 113 Å². The number of nitrogens with zero attached hydrogens (tertiary/aromatic N) is 3. The summed E-state index contributed by atoms with van der Waals surface area (Å²) in [6.07, 6.45) is 4.19. The molecule has 0 fully saturated rings. The topological polar surface area (TPSA) is 49.6 Å². The van der Waals surface area contributed by atoms with Crippen molar-refractivity contribution in [2.75, 3.05) is 27.2 Å². The van der Waals surface area contributed by atoms with Crippen LogP contribution in [-0.2, 0) is 11.2 Å². The number of pyridine rings is 1. The van der Waals surface area contributed by atoms with Crippen molar-refractivity contribution in [1.29, 1.82) is 0 Å². The fourth-order valence-electron chi connectivity index (χ4n) is 1.94. The Balaban J connectivity index is 1.97. The summed E-state index contributed by atoms with van der Waals surface area (Å²) in [5.74, 6) is 0.0166. The molecule has 0 saturated carbocycles. The molecule has 2 rings (SSSR count). The molecule has 5 nitrogen and oxygen atoms in total. The molecule has 1 N–H and O–H groups in total. The minimum absolute atomic E-state index is 0.0166. The zero-order valence-corrected chi connectivity index (χ0v) is 11.7. The Morgan fingerprint density at radius 1 is 1.47 bits per heavy atom. The maximum Gasteiger partial charge on any atom is 0.226 e. The molecule has 0 spiro atoms. The van der Waals surface area contributed by atoms with Crippen LogP contribution in [0.5, 0.6) is 0 Å². The Bertz CT molecular complexity index is 574. The molecule has 0 bridgehead atoms. The van der Waals surface area contributed by atoms with Crippen molar-refractivity contribution in [2.24, 2.45) is 0 Å². The number of imidazole rings is 1. The van der Waals surface area contributed by atoms with E-state index < -0.39 is 0 Å². The van der Waals surface area contributed by atoms with Gasteiger partial charge in [-0.1, -0.05) is 6.07 Å². The van der Waals surface area contributed by atoms with Gasteiger partial charge in [0, 0.05) is 25.5 Å². The Kier molecular flexibility index (Phi) is 4.16. The highest BCUT2D eigenvalue weighted by molar-refractivity contribution is 5.78. The quantitative estimate of drug-likeness (QED) is 0.867. The zero-order chi connectivity index (χ0) is 13.8. The number of amides is 1. The van der Waals surface area contributed by atoms with E-state index in [0.29, 0.717) is 13.0 Å². The van der Waals surface area contributed by atoms with Gasteiger partial charge in [-0.2, -0.15) is 0 Å². The van der Waals surface area contributed by atoms with Crippen LogP contribution in [0.4, 0.5) is 0 Å². The smallest absolute Gasteiger partial charge is 0.226 e. The number of hydrogen-bond donors (Lipinski definition) is 1. The van der Waals surface area contributed by atoms with E-state index in [0.717, 1.165) is 23.4 Å². The highest BCUT2D eigenvalue weighted by Crippen LogP contribution is 2.10. The largest absolute Gasteiger partial charge is 0.354 e. The van der Waals surface area contributed by atoms with E-state index in [1.54, 1.807) is 0 Å². The molecule has 0 saturated heterocycles. The molecule has 2 aromatic rings. The SMILES string of the molecule is Cc1cccn2cc(CC(=O)NCCN(C)C)nc12. The molecule has 0 aliphatic rings. The molecular weight excluding hydrogens is 240 g/mol. The van der Waals surface area contributed by atoms with Crippen molar-refractivity contribution in [3.8, 4) is 0 Å². The standard InChI is InChI=1S/C14H20N4O/c1-11-5-4-7-18-10-12(16-14(11)18)9-13(19)15-6-8-17(2)3/h4-5,7,10H,6,8-9H2,1-3H3,(H,15,19). The van der Waals surface area contributed by atoms with E-state index >= 15 is 0 Å². The first-order chi connectivity index (χ1) is 9.06. The molecule has 0 atom stereocenters. The van der Waals surface area contributed by atoms with Crippen molar-refractivity contribution in [1.82, 2.24) is 19.6 Å². The molecule has 0 aliphatic carbocycles. The molecule has 19 heavy (non-hydrogen) atoms. The second-order valence-electron chi connectivity index (χ2n) is 4.98. The zero-order valence-electron chi connectivity index (χ0n) is 11.7. The van der Waals surface area contributed by atoms with E-state index in [1.807, 2.05) is 54.8 Å². The molecular formula is C14H20N4O. The number of nitrogens with one attached hydrogen (secondary N) is 1. The Morgan fingerprint density at radius 3 is 2.95 bits per heavy atom. The fraction of sp³-hybridized carbons (Fsp3) is 0.429. The second kappa shape index (κ2) is 5.84. The van der Waals surface area contributed by atoms with Gasteiger partial charge in [0.2, 0.25) is 5.91 Å². The minimum atomic E-state index is 0.0166. The lowest BCUT2D eigenvalue weighted by molar-refractivity contribution is -0.120. The van der Waals surface area contributed by atoms with Crippen LogP contribution in [0.25, 0.3) is 5.65 Å². The first kappa shape index (κ1) is 13.5. The molecule has 0 aromatic carbocycles. The van der Waals surface area contributed by atoms with Gasteiger partial charge in [-0.25, -0.2) is 4.98 Å². The molecule has 2 heterocycles. The van der Waals surface area contributed by atoms with Crippen molar-refractivity contribution >= 4 is 11.6 Å². The number of aromatic nitrogens is 2. The highest BCUT2D eigenvalue weighted by atomic mass is 16.1. The predicted octanol–water partition coefficient (Wildman–Crippen LogP) is 0.863. The lowest BCUT2D eigenvalue weighted by Crippen LogP contribution is -2.32. The monoisotopic (exact) mass is 260 g/mol. The third kappa shape index (κ3) is 3.54. The van der Waals surface area contributed by atoms with E-state index in [4.69, 9.17) is 0 Å². The summed E-state index contributed by atoms with van der Waals surface area (Å²) in [5, 5.41) is 2.89. The van der Waals surface area contributed by atoms with E-state index in [1.165, 1.54) is 0 Å². The highest BCUT2D eigenvalue weighted by Gasteiger charge is 2.08. The van der Waals surface area contributed by atoms with Crippen LogP contribution in [0.3, 0.4) is 0 Å². The third-order valence-electron chi connectivity index (χ3n) is 2.95. The summed E-state index contributed by atoms with van der Waals surface area (Å²) < 4.78 is 1.96. The summed E-state index contributed by atoms with van der Waals surface area (Å²) in [6, 6.07) is 3.99. The van der Waals surface area contributed by atoms with Crippen molar-refractivity contribution in [3.63, 3.8) is 0 Å². The number of carbonyl (C=O) groups excluding carboxylic acids is 1. The average Bonchev–Trinajstić information content (AvgIpc) is 2.72. The van der Waals surface area contributed by atoms with E-state index in [9.17, 15) is 4.79 Å². The summed E-state index contributed by atoms with van der Waals surface area (Å²) in [7, 11) is 3.97. The summed E-state index contributed by atoms with van der Waals surface area (Å²) in [5.41, 5.74) is 2.83. The molecule has 0 unspecified atom stereocenters. The van der Waals surface area contributed by atoms with Crippen LogP contribution in [-0.4, -0.2) is 47.4 Å². The average molecular weight is 260 g/mol. The second-order valence-corrected chi connectivity index (χ2v) is 4.98. The normalized spacial score (nSPS) is 11.2. The molecule has 102 valence electrons. The number of rotatable bonds is 5. The van der Waals surface area contributed by atoms with E-state index in [-0.39, 0.29) is 5.91 Å². The van der Waals surface area contributed by atoms with Gasteiger partial charge in [0.05, 0.1) is 12.1 Å². The van der Waals surface area contributed by atoms with Crippen molar-refractivity contribution < 1.29 is 4.79 Å². The van der Waals surface area contributed by atoms with Crippen molar-refractivity contribution in [3.05, 3.63) is 35.8 Å². The van der Waals surface area contributed by atoms with Crippen LogP contribution in [0.2, 0.25) is 0 Å². The molecule has 0 radical (unpaired) electrons. The van der Waals surface area contributed by atoms with Crippen LogP contribution >= 0.6 is 0 Å². The number of aryl methyl sites for hydroxylation is 1. The summed E-state index contributed by atoms with van der Waals surface area (Å²) in [6.45, 7) is 3.53. The lowest BCUT2D eigenvalue weighted by Gasteiger charge is -2.09. The van der Waals surface area contributed by atoms with Gasteiger partial charge in [-0.05, 0) is 32.6 Å². The van der Waals surface area contributed by atoms with Crippen LogP contribution in [0.15, 0.2) is 24.5 Å². The van der Waals surface area contributed by atoms with Crippen LogP contribution in [0, 0.1) is 6.92 Å². The Hall–Kier alpha value is -1.88. The summed E-state index contributed by atoms with van der Waals surface area (Å²) in [4.78, 5) is 18.3. The Morgan fingerprint density at radius 2 is 2.26 bits per heavy atom. The third-order valence-corrected chi connectivity index (χ3v) is 2.95.